The maximum Gasteiger partial charge on any atom is 0.295 e. The fourth-order valence-electron chi connectivity index (χ4n) is 4.95. The molecule has 0 spiro atoms. The molecule has 0 radical (unpaired) electrons. The number of aromatic hydroxyl groups is 1. The molecule has 2 heterocycles. The van der Waals surface area contributed by atoms with Crippen LogP contribution < -0.4 is 9.47 Å². The minimum Gasteiger partial charge on any atom is -0.507 e. The number of hydrogen-bond acceptors (Lipinski definition) is 6. The molecule has 1 saturated carbocycles. The Labute approximate surface area is 196 Å². The van der Waals surface area contributed by atoms with Crippen molar-refractivity contribution < 1.29 is 29.3 Å². The van der Waals surface area contributed by atoms with E-state index in [2.05, 4.69) is 0 Å². The van der Waals surface area contributed by atoms with Crippen LogP contribution in [-0.4, -0.2) is 46.1 Å². The molecule has 1 unspecified atom stereocenters. The number of carbonyl (C=O) groups is 2. The second-order valence-electron chi connectivity index (χ2n) is 8.57. The molecule has 1 saturated heterocycles. The third-order valence-electron chi connectivity index (χ3n) is 6.55. The van der Waals surface area contributed by atoms with Gasteiger partial charge >= 0.3 is 0 Å². The van der Waals surface area contributed by atoms with Gasteiger partial charge in [-0.05, 0) is 48.7 Å². The van der Waals surface area contributed by atoms with Crippen LogP contribution in [0.25, 0.3) is 5.76 Å². The maximum absolute atomic E-state index is 13.3. The van der Waals surface area contributed by atoms with Gasteiger partial charge in [-0.15, -0.1) is 0 Å². The second-order valence-corrected chi connectivity index (χ2v) is 8.97. The molecular weight excluding hydrogens is 446 g/mol. The number of phenolic OH excluding ortho intramolecular Hbond substituents is 1. The Hall–Kier alpha value is -3.19. The summed E-state index contributed by atoms with van der Waals surface area (Å²) < 4.78 is 11.2. The Morgan fingerprint density at radius 1 is 0.970 bits per heavy atom. The maximum atomic E-state index is 13.3. The largest absolute Gasteiger partial charge is 0.507 e. The Balaban J connectivity index is 1.65. The summed E-state index contributed by atoms with van der Waals surface area (Å²) in [6.45, 7) is 0.821. The standard InChI is InChI=1S/C25H24ClNO6/c26-17-12-14(6-8-18(17)28)22-21(24(30)25(31)27(22)16-4-2-1-3-5-16)23(29)15-7-9-19-20(13-15)33-11-10-32-19/h6-9,12-13,16,22,28-29H,1-5,10-11H2/b23-21-. The molecule has 1 amide bonds. The summed E-state index contributed by atoms with van der Waals surface area (Å²) in [4.78, 5) is 28.1. The number of ether oxygens (including phenoxy) is 2. The molecule has 2 aromatic carbocycles. The lowest BCUT2D eigenvalue weighted by Gasteiger charge is -2.35. The predicted octanol–water partition coefficient (Wildman–Crippen LogP) is 4.57. The number of hydrogen-bond donors (Lipinski definition) is 2. The minimum atomic E-state index is -0.806. The van der Waals surface area contributed by atoms with Crippen molar-refractivity contribution in [2.24, 2.45) is 0 Å². The number of aliphatic hydroxyl groups is 1. The highest BCUT2D eigenvalue weighted by Crippen LogP contribution is 2.45. The lowest BCUT2D eigenvalue weighted by molar-refractivity contribution is -0.141. The van der Waals surface area contributed by atoms with E-state index >= 15 is 0 Å². The SMILES string of the molecule is O=C1C(=O)N(C2CCCCC2)C(c2ccc(O)c(Cl)c2)/C1=C(/O)c1ccc2c(c1)OCCO2. The van der Waals surface area contributed by atoms with E-state index in [0.717, 1.165) is 32.1 Å². The van der Waals surface area contributed by atoms with Gasteiger partial charge in [-0.2, -0.15) is 0 Å². The van der Waals surface area contributed by atoms with Crippen molar-refractivity contribution in [3.8, 4) is 17.2 Å². The number of likely N-dealkylation sites (tertiary alicyclic amines) is 1. The number of benzene rings is 2. The fraction of sp³-hybridized carbons (Fsp3) is 0.360. The van der Waals surface area contributed by atoms with Crippen molar-refractivity contribution in [1.82, 2.24) is 4.90 Å². The normalized spacial score (nSPS) is 22.6. The summed E-state index contributed by atoms with van der Waals surface area (Å²) in [7, 11) is 0. The molecule has 2 N–H and O–H groups in total. The van der Waals surface area contributed by atoms with Gasteiger partial charge in [0.05, 0.1) is 16.6 Å². The Morgan fingerprint density at radius 3 is 2.42 bits per heavy atom. The number of fused-ring (bicyclic) bond motifs is 1. The van der Waals surface area contributed by atoms with Gasteiger partial charge in [-0.3, -0.25) is 9.59 Å². The van der Waals surface area contributed by atoms with Gasteiger partial charge in [0.15, 0.2) is 11.5 Å². The molecule has 1 aliphatic carbocycles. The first kappa shape index (κ1) is 21.6. The lowest BCUT2D eigenvalue weighted by Crippen LogP contribution is -2.40. The number of Topliss-reactive ketones (excluding diaryl/α,β-unsaturated/α-hetero) is 1. The van der Waals surface area contributed by atoms with Crippen LogP contribution in [0.2, 0.25) is 5.02 Å². The summed E-state index contributed by atoms with van der Waals surface area (Å²) in [5.41, 5.74) is 0.918. The van der Waals surface area contributed by atoms with E-state index in [9.17, 15) is 19.8 Å². The van der Waals surface area contributed by atoms with Crippen molar-refractivity contribution in [1.29, 1.82) is 0 Å². The number of phenols is 1. The van der Waals surface area contributed by atoms with Crippen LogP contribution in [0.15, 0.2) is 42.0 Å². The molecule has 8 heteroatoms. The zero-order valence-corrected chi connectivity index (χ0v) is 18.7. The summed E-state index contributed by atoms with van der Waals surface area (Å²) >= 11 is 6.17. The van der Waals surface area contributed by atoms with Crippen LogP contribution in [0.5, 0.6) is 17.2 Å². The average molecular weight is 470 g/mol. The fourth-order valence-corrected chi connectivity index (χ4v) is 5.14. The molecule has 172 valence electrons. The van der Waals surface area contributed by atoms with Crippen LogP contribution in [0.3, 0.4) is 0 Å². The van der Waals surface area contributed by atoms with E-state index in [-0.39, 0.29) is 28.1 Å². The highest BCUT2D eigenvalue weighted by Gasteiger charge is 2.49. The quantitative estimate of drug-likeness (QED) is 0.388. The number of aliphatic hydroxyl groups excluding tert-OH is 1. The van der Waals surface area contributed by atoms with Crippen LogP contribution in [0.1, 0.15) is 49.3 Å². The molecular formula is C25H24ClNO6. The third kappa shape index (κ3) is 3.80. The van der Waals surface area contributed by atoms with Crippen molar-refractivity contribution in [2.75, 3.05) is 13.2 Å². The Kier molecular flexibility index (Phi) is 5.66. The first-order valence-corrected chi connectivity index (χ1v) is 11.5. The van der Waals surface area contributed by atoms with Crippen molar-refractivity contribution in [2.45, 2.75) is 44.2 Å². The molecule has 3 aliphatic rings. The first-order valence-electron chi connectivity index (χ1n) is 11.1. The first-order chi connectivity index (χ1) is 16.0. The number of amides is 1. The topological polar surface area (TPSA) is 96.3 Å². The minimum absolute atomic E-state index is 0.00371. The molecule has 1 atom stereocenters. The zero-order chi connectivity index (χ0) is 23.1. The smallest absolute Gasteiger partial charge is 0.295 e. The number of nitrogens with zero attached hydrogens (tertiary/aromatic N) is 1. The van der Waals surface area contributed by atoms with Crippen molar-refractivity contribution in [3.63, 3.8) is 0 Å². The van der Waals surface area contributed by atoms with Gasteiger partial charge in [0.25, 0.3) is 11.7 Å². The van der Waals surface area contributed by atoms with Gasteiger partial charge in [0.2, 0.25) is 0 Å². The average Bonchev–Trinajstić information content (AvgIpc) is 3.11. The second kappa shape index (κ2) is 8.63. The highest BCUT2D eigenvalue weighted by molar-refractivity contribution is 6.46. The van der Waals surface area contributed by atoms with Crippen LogP contribution >= 0.6 is 11.6 Å². The molecule has 33 heavy (non-hydrogen) atoms. The van der Waals surface area contributed by atoms with Gasteiger partial charge in [0.1, 0.15) is 24.7 Å². The molecule has 5 rings (SSSR count). The van der Waals surface area contributed by atoms with E-state index < -0.39 is 17.7 Å². The van der Waals surface area contributed by atoms with Gasteiger partial charge < -0.3 is 24.6 Å². The molecule has 2 fully saturated rings. The number of ketones is 1. The molecule has 2 aromatic rings. The summed E-state index contributed by atoms with van der Waals surface area (Å²) in [5.74, 6) is -0.713. The summed E-state index contributed by atoms with van der Waals surface area (Å²) in [6, 6.07) is 8.61. The van der Waals surface area contributed by atoms with Crippen LogP contribution in [0, 0.1) is 0 Å². The molecule has 0 aromatic heterocycles. The summed E-state index contributed by atoms with van der Waals surface area (Å²) in [6.07, 6.45) is 4.61. The molecule has 7 nitrogen and oxygen atoms in total. The molecule has 0 bridgehead atoms. The van der Waals surface area contributed by atoms with E-state index in [4.69, 9.17) is 21.1 Å². The van der Waals surface area contributed by atoms with Gasteiger partial charge in [0, 0.05) is 11.6 Å². The third-order valence-corrected chi connectivity index (χ3v) is 6.85. The monoisotopic (exact) mass is 469 g/mol. The van der Waals surface area contributed by atoms with E-state index in [1.807, 2.05) is 0 Å². The van der Waals surface area contributed by atoms with Crippen LogP contribution in [-0.2, 0) is 9.59 Å². The Bertz CT molecular complexity index is 1150. The predicted molar refractivity (Wildman–Crippen MR) is 122 cm³/mol. The number of carbonyl (C=O) groups excluding carboxylic acids is 2. The lowest BCUT2D eigenvalue weighted by atomic mass is 9.91. The Morgan fingerprint density at radius 2 is 1.70 bits per heavy atom. The van der Waals surface area contributed by atoms with E-state index in [1.165, 1.54) is 6.07 Å². The van der Waals surface area contributed by atoms with Gasteiger partial charge in [-0.1, -0.05) is 36.9 Å². The van der Waals surface area contributed by atoms with E-state index in [1.54, 1.807) is 35.2 Å². The highest BCUT2D eigenvalue weighted by atomic mass is 35.5. The van der Waals surface area contributed by atoms with Crippen LogP contribution in [0.4, 0.5) is 0 Å². The van der Waals surface area contributed by atoms with E-state index in [0.29, 0.717) is 35.8 Å². The van der Waals surface area contributed by atoms with Crippen molar-refractivity contribution in [3.05, 3.63) is 58.1 Å². The zero-order valence-electron chi connectivity index (χ0n) is 17.9. The number of halogens is 1. The van der Waals surface area contributed by atoms with Gasteiger partial charge in [-0.25, -0.2) is 0 Å². The number of rotatable bonds is 3. The summed E-state index contributed by atoms with van der Waals surface area (Å²) in [5, 5.41) is 21.3. The van der Waals surface area contributed by atoms with Crippen molar-refractivity contribution >= 4 is 29.1 Å². The molecule has 2 aliphatic heterocycles.